The number of benzene rings is 2. The van der Waals surface area contributed by atoms with E-state index < -0.39 is 42.8 Å². The van der Waals surface area contributed by atoms with E-state index >= 15 is 0 Å². The summed E-state index contributed by atoms with van der Waals surface area (Å²) in [6, 6.07) is 15.9. The first kappa shape index (κ1) is 21.8. The second kappa shape index (κ2) is 8.95. The van der Waals surface area contributed by atoms with Crippen LogP contribution < -0.4 is 4.74 Å². The first-order valence-corrected chi connectivity index (χ1v) is 10.5. The van der Waals surface area contributed by atoms with Crippen LogP contribution in [0.1, 0.15) is 35.2 Å². The summed E-state index contributed by atoms with van der Waals surface area (Å²) < 4.78 is 34.3. The van der Waals surface area contributed by atoms with Crippen LogP contribution in [0.15, 0.2) is 54.6 Å². The smallest absolute Gasteiger partial charge is 0.267 e. The van der Waals surface area contributed by atoms with Crippen LogP contribution in [0.25, 0.3) is 0 Å². The normalized spacial score (nSPS) is 21.9. The Balaban J connectivity index is 1.51. The summed E-state index contributed by atoms with van der Waals surface area (Å²) in [5.41, 5.74) is 1.12. The van der Waals surface area contributed by atoms with Crippen molar-refractivity contribution >= 4 is 11.8 Å². The molecule has 2 aromatic rings. The number of hydrogen-bond acceptors (Lipinski definition) is 4. The molecule has 0 unspecified atom stereocenters. The Morgan fingerprint density at radius 1 is 1.12 bits per heavy atom. The van der Waals surface area contributed by atoms with E-state index in [9.17, 15) is 23.6 Å². The molecule has 2 saturated heterocycles. The van der Waals surface area contributed by atoms with Gasteiger partial charge in [-0.1, -0.05) is 36.4 Å². The molecule has 166 valence electrons. The molecule has 6 nitrogen and oxygen atoms in total. The minimum absolute atomic E-state index is 0.171. The highest BCUT2D eigenvalue weighted by Gasteiger charge is 2.52. The van der Waals surface area contributed by atoms with Gasteiger partial charge in [0.1, 0.15) is 24.4 Å². The summed E-state index contributed by atoms with van der Waals surface area (Å²) in [6.07, 6.45) is 0.415. The number of amides is 2. The molecule has 2 aromatic carbocycles. The molecular formula is C24H23F2N3O3. The van der Waals surface area contributed by atoms with Gasteiger partial charge < -0.3 is 14.5 Å². The Kier molecular flexibility index (Phi) is 6.08. The van der Waals surface area contributed by atoms with Gasteiger partial charge in [0.25, 0.3) is 11.8 Å². The Morgan fingerprint density at radius 3 is 2.66 bits per heavy atom. The van der Waals surface area contributed by atoms with Crippen LogP contribution in [0.3, 0.4) is 0 Å². The fourth-order valence-electron chi connectivity index (χ4n) is 4.23. The zero-order valence-electron chi connectivity index (χ0n) is 17.4. The molecule has 2 aliphatic rings. The van der Waals surface area contributed by atoms with Crippen molar-refractivity contribution in [3.8, 4) is 11.8 Å². The zero-order chi connectivity index (χ0) is 22.7. The fourth-order valence-corrected chi connectivity index (χ4v) is 4.23. The number of hydrogen-bond donors (Lipinski definition) is 0. The second-order valence-electron chi connectivity index (χ2n) is 8.13. The molecule has 32 heavy (non-hydrogen) atoms. The summed E-state index contributed by atoms with van der Waals surface area (Å²) in [5, 5.41) is 9.26. The summed E-state index contributed by atoms with van der Waals surface area (Å²) in [7, 11) is 0. The third-order valence-electron chi connectivity index (χ3n) is 5.83. The van der Waals surface area contributed by atoms with Crippen molar-refractivity contribution in [2.75, 3.05) is 13.1 Å². The van der Waals surface area contributed by atoms with Gasteiger partial charge in [0, 0.05) is 18.5 Å². The lowest BCUT2D eigenvalue weighted by Crippen LogP contribution is -2.49. The Labute approximate surface area is 185 Å². The highest BCUT2D eigenvalue weighted by molar-refractivity contribution is 5.98. The number of carbonyl (C=O) groups is 2. The molecule has 2 heterocycles. The average Bonchev–Trinajstić information content (AvgIpc) is 3.41. The van der Waals surface area contributed by atoms with Crippen molar-refractivity contribution in [1.29, 1.82) is 5.26 Å². The molecule has 2 aliphatic heterocycles. The van der Waals surface area contributed by atoms with Gasteiger partial charge in [0.05, 0.1) is 12.6 Å². The maximum absolute atomic E-state index is 14.3. The number of rotatable bonds is 5. The lowest BCUT2D eigenvalue weighted by Gasteiger charge is -2.28. The predicted octanol–water partition coefficient (Wildman–Crippen LogP) is 3.63. The third-order valence-corrected chi connectivity index (χ3v) is 5.83. The minimum atomic E-state index is -3.17. The van der Waals surface area contributed by atoms with Crippen LogP contribution in [-0.4, -0.2) is 52.7 Å². The number of nitrogens with zero attached hydrogens (tertiary/aromatic N) is 3. The van der Waals surface area contributed by atoms with Crippen molar-refractivity contribution in [2.45, 2.75) is 43.9 Å². The first-order valence-electron chi connectivity index (χ1n) is 10.5. The summed E-state index contributed by atoms with van der Waals surface area (Å²) in [4.78, 5) is 28.4. The van der Waals surface area contributed by atoms with Crippen molar-refractivity contribution in [1.82, 2.24) is 9.80 Å². The second-order valence-corrected chi connectivity index (χ2v) is 8.13. The molecule has 0 aliphatic carbocycles. The quantitative estimate of drug-likeness (QED) is 0.713. The van der Waals surface area contributed by atoms with E-state index in [0.717, 1.165) is 10.5 Å². The van der Waals surface area contributed by atoms with Crippen LogP contribution in [0, 0.1) is 11.3 Å². The van der Waals surface area contributed by atoms with Gasteiger partial charge in [-0.05, 0) is 36.6 Å². The van der Waals surface area contributed by atoms with Crippen LogP contribution in [0.5, 0.6) is 5.75 Å². The van der Waals surface area contributed by atoms with Crippen molar-refractivity contribution in [3.05, 3.63) is 65.7 Å². The highest BCUT2D eigenvalue weighted by atomic mass is 19.3. The van der Waals surface area contributed by atoms with Gasteiger partial charge in [0.15, 0.2) is 0 Å². The molecular weight excluding hydrogens is 416 g/mol. The van der Waals surface area contributed by atoms with E-state index in [4.69, 9.17) is 4.74 Å². The van der Waals surface area contributed by atoms with Gasteiger partial charge in [-0.15, -0.1) is 0 Å². The van der Waals surface area contributed by atoms with Gasteiger partial charge >= 0.3 is 0 Å². The molecule has 8 heteroatoms. The predicted molar refractivity (Wildman–Crippen MR) is 112 cm³/mol. The van der Waals surface area contributed by atoms with E-state index in [1.54, 1.807) is 12.1 Å². The van der Waals surface area contributed by atoms with Crippen LogP contribution in [0.4, 0.5) is 8.78 Å². The highest BCUT2D eigenvalue weighted by Crippen LogP contribution is 2.35. The minimum Gasteiger partial charge on any atom is -0.489 e. The lowest BCUT2D eigenvalue weighted by atomic mass is 10.1. The first-order chi connectivity index (χ1) is 15.4. The lowest BCUT2D eigenvalue weighted by molar-refractivity contribution is -0.135. The largest absolute Gasteiger partial charge is 0.489 e. The average molecular weight is 439 g/mol. The van der Waals surface area contributed by atoms with E-state index in [1.807, 2.05) is 36.4 Å². The standard InChI is InChI=1S/C24H23F2N3O3/c25-24(26)13-21(23(31)28-11-5-9-19(28)14-27)29(16-24)22(30)18-8-4-10-20(12-18)32-15-17-6-2-1-3-7-17/h1-4,6-8,10,12,19,21H,5,9,11,13,15-16H2/t19-,21-/m0/s1. The third kappa shape index (κ3) is 4.57. The number of likely N-dealkylation sites (tertiary alicyclic amines) is 2. The topological polar surface area (TPSA) is 73.6 Å². The monoisotopic (exact) mass is 439 g/mol. The Morgan fingerprint density at radius 2 is 1.91 bits per heavy atom. The molecule has 0 spiro atoms. The molecule has 0 aromatic heterocycles. The van der Waals surface area contributed by atoms with Crippen molar-refractivity contribution < 1.29 is 23.1 Å². The van der Waals surface area contributed by atoms with Crippen molar-refractivity contribution in [2.24, 2.45) is 0 Å². The van der Waals surface area contributed by atoms with E-state index in [0.29, 0.717) is 31.7 Å². The number of alkyl halides is 2. The Bertz CT molecular complexity index is 1040. The molecule has 0 saturated carbocycles. The summed E-state index contributed by atoms with van der Waals surface area (Å²) >= 11 is 0. The number of nitriles is 1. The van der Waals surface area contributed by atoms with Gasteiger partial charge in [-0.3, -0.25) is 9.59 Å². The molecule has 2 atom stereocenters. The van der Waals surface area contributed by atoms with Gasteiger partial charge in [0.2, 0.25) is 5.91 Å². The van der Waals surface area contributed by atoms with Gasteiger partial charge in [-0.2, -0.15) is 5.26 Å². The van der Waals surface area contributed by atoms with E-state index in [2.05, 4.69) is 0 Å². The maximum Gasteiger partial charge on any atom is 0.267 e. The number of halogens is 2. The maximum atomic E-state index is 14.3. The van der Waals surface area contributed by atoms with Crippen LogP contribution in [0.2, 0.25) is 0 Å². The Hall–Kier alpha value is -3.47. The molecule has 2 amide bonds. The molecule has 0 N–H and O–H groups in total. The number of carbonyl (C=O) groups excluding carboxylic acids is 2. The van der Waals surface area contributed by atoms with E-state index in [-0.39, 0.29) is 5.56 Å². The zero-order valence-corrected chi connectivity index (χ0v) is 17.4. The van der Waals surface area contributed by atoms with E-state index in [1.165, 1.54) is 17.0 Å². The fraction of sp³-hybridized carbons (Fsp3) is 0.375. The number of ether oxygens (including phenoxy) is 1. The van der Waals surface area contributed by atoms with Crippen LogP contribution in [-0.2, 0) is 11.4 Å². The summed E-state index contributed by atoms with van der Waals surface area (Å²) in [6.45, 7) is -0.196. The molecule has 4 rings (SSSR count). The van der Waals surface area contributed by atoms with Crippen LogP contribution >= 0.6 is 0 Å². The molecule has 2 fully saturated rings. The molecule has 0 radical (unpaired) electrons. The summed E-state index contributed by atoms with van der Waals surface area (Å²) in [5.74, 6) is -3.98. The van der Waals surface area contributed by atoms with Gasteiger partial charge in [-0.25, -0.2) is 8.78 Å². The van der Waals surface area contributed by atoms with Crippen molar-refractivity contribution in [3.63, 3.8) is 0 Å². The molecule has 0 bridgehead atoms. The SMILES string of the molecule is N#C[C@@H]1CCCN1C(=O)[C@@H]1CC(F)(F)CN1C(=O)c1cccc(OCc2ccccc2)c1.